The summed E-state index contributed by atoms with van der Waals surface area (Å²) in [7, 11) is 4.01. The lowest BCUT2D eigenvalue weighted by Gasteiger charge is -2.21. The van der Waals surface area contributed by atoms with Crippen LogP contribution >= 0.6 is 0 Å². The summed E-state index contributed by atoms with van der Waals surface area (Å²) in [4.78, 5) is 11.1. The van der Waals surface area contributed by atoms with Crippen molar-refractivity contribution in [2.75, 3.05) is 32.1 Å². The summed E-state index contributed by atoms with van der Waals surface area (Å²) in [5.74, 6) is 1.35. The molecule has 0 fully saturated rings. The number of nitrogens with zero attached hydrogens (tertiary/aromatic N) is 3. The van der Waals surface area contributed by atoms with Gasteiger partial charge in [0.15, 0.2) is 0 Å². The van der Waals surface area contributed by atoms with Crippen LogP contribution in [-0.4, -0.2) is 37.2 Å². The molecular formula is C14H20N4. The van der Waals surface area contributed by atoms with Gasteiger partial charge < -0.3 is 10.2 Å². The summed E-state index contributed by atoms with van der Waals surface area (Å²) in [6.45, 7) is 4.16. The number of nitrogens with one attached hydrogen (secondary N) is 1. The van der Waals surface area contributed by atoms with Gasteiger partial charge in [0, 0.05) is 25.2 Å². The zero-order valence-corrected chi connectivity index (χ0v) is 11.2. The highest BCUT2D eigenvalue weighted by Gasteiger charge is 2.09. The third kappa shape index (κ3) is 2.96. The molecule has 1 unspecified atom stereocenters. The minimum atomic E-state index is 0.565. The summed E-state index contributed by atoms with van der Waals surface area (Å²) >= 11 is 0. The van der Waals surface area contributed by atoms with Crippen molar-refractivity contribution in [3.05, 3.63) is 30.5 Å². The second-order valence-electron chi connectivity index (χ2n) is 4.77. The first-order valence-corrected chi connectivity index (χ1v) is 6.28. The minimum Gasteiger partial charge on any atom is -0.344 e. The molecule has 2 rings (SSSR count). The molecule has 4 heteroatoms. The van der Waals surface area contributed by atoms with Gasteiger partial charge in [0.2, 0.25) is 5.95 Å². The Labute approximate surface area is 108 Å². The molecule has 0 aliphatic heterocycles. The van der Waals surface area contributed by atoms with E-state index in [9.17, 15) is 0 Å². The van der Waals surface area contributed by atoms with Crippen molar-refractivity contribution in [1.29, 1.82) is 0 Å². The van der Waals surface area contributed by atoms with Crippen LogP contribution in [0.15, 0.2) is 30.5 Å². The van der Waals surface area contributed by atoms with Gasteiger partial charge in [0.1, 0.15) is 0 Å². The van der Waals surface area contributed by atoms with Crippen LogP contribution < -0.4 is 10.2 Å². The molecule has 1 N–H and O–H groups in total. The standard InChI is InChI=1S/C14H20N4/c1-11(8-15-2)10-18(3)14-16-9-12-6-4-5-7-13(12)17-14/h4-7,9,11,15H,8,10H2,1-3H3. The van der Waals surface area contributed by atoms with Gasteiger partial charge in [-0.1, -0.05) is 25.1 Å². The van der Waals surface area contributed by atoms with Gasteiger partial charge in [-0.15, -0.1) is 0 Å². The van der Waals surface area contributed by atoms with Crippen molar-refractivity contribution in [3.8, 4) is 0 Å². The van der Waals surface area contributed by atoms with Gasteiger partial charge in [-0.25, -0.2) is 9.97 Å². The van der Waals surface area contributed by atoms with Crippen LogP contribution in [0.5, 0.6) is 0 Å². The van der Waals surface area contributed by atoms with E-state index in [0.29, 0.717) is 5.92 Å². The molecule has 0 amide bonds. The molecular weight excluding hydrogens is 224 g/mol. The van der Waals surface area contributed by atoms with Crippen LogP contribution in [0.3, 0.4) is 0 Å². The lowest BCUT2D eigenvalue weighted by molar-refractivity contribution is 0.539. The van der Waals surface area contributed by atoms with E-state index in [-0.39, 0.29) is 0 Å². The summed E-state index contributed by atoms with van der Waals surface area (Å²) < 4.78 is 0. The van der Waals surface area contributed by atoms with Crippen LogP contribution in [0.25, 0.3) is 10.9 Å². The Kier molecular flexibility index (Phi) is 4.10. The van der Waals surface area contributed by atoms with E-state index < -0.39 is 0 Å². The summed E-state index contributed by atoms with van der Waals surface area (Å²) in [5, 5.41) is 4.27. The molecule has 0 saturated heterocycles. The molecule has 0 aliphatic rings. The topological polar surface area (TPSA) is 41.0 Å². The van der Waals surface area contributed by atoms with Crippen molar-refractivity contribution >= 4 is 16.9 Å². The maximum Gasteiger partial charge on any atom is 0.225 e. The summed E-state index contributed by atoms with van der Waals surface area (Å²) in [6.07, 6.45) is 1.89. The maximum absolute atomic E-state index is 4.58. The van der Waals surface area contributed by atoms with Crippen LogP contribution in [0.1, 0.15) is 6.92 Å². The first-order valence-electron chi connectivity index (χ1n) is 6.28. The monoisotopic (exact) mass is 244 g/mol. The highest BCUT2D eigenvalue weighted by Crippen LogP contribution is 2.14. The number of benzene rings is 1. The normalized spacial score (nSPS) is 12.6. The minimum absolute atomic E-state index is 0.565. The SMILES string of the molecule is CNCC(C)CN(C)c1ncc2ccccc2n1. The van der Waals surface area contributed by atoms with Crippen LogP contribution in [-0.2, 0) is 0 Å². The highest BCUT2D eigenvalue weighted by molar-refractivity contribution is 5.78. The largest absolute Gasteiger partial charge is 0.344 e. The average Bonchev–Trinajstić information content (AvgIpc) is 2.38. The van der Waals surface area contributed by atoms with Crippen molar-refractivity contribution in [3.63, 3.8) is 0 Å². The van der Waals surface area contributed by atoms with Gasteiger partial charge in [-0.3, -0.25) is 0 Å². The van der Waals surface area contributed by atoms with E-state index in [0.717, 1.165) is 29.9 Å². The van der Waals surface area contributed by atoms with Gasteiger partial charge in [0.05, 0.1) is 5.52 Å². The Balaban J connectivity index is 2.15. The Morgan fingerprint density at radius 3 is 2.89 bits per heavy atom. The molecule has 0 saturated carbocycles. The fraction of sp³-hybridized carbons (Fsp3) is 0.429. The zero-order valence-electron chi connectivity index (χ0n) is 11.2. The van der Waals surface area contributed by atoms with E-state index in [1.807, 2.05) is 44.6 Å². The second kappa shape index (κ2) is 5.78. The Hall–Kier alpha value is -1.68. The summed E-state index contributed by atoms with van der Waals surface area (Å²) in [5.41, 5.74) is 0.996. The van der Waals surface area contributed by atoms with Crippen LogP contribution in [0.2, 0.25) is 0 Å². The third-order valence-corrected chi connectivity index (χ3v) is 2.96. The fourth-order valence-corrected chi connectivity index (χ4v) is 2.11. The first kappa shape index (κ1) is 12.8. The molecule has 0 aliphatic carbocycles. The van der Waals surface area contributed by atoms with Crippen molar-refractivity contribution < 1.29 is 0 Å². The predicted molar refractivity (Wildman–Crippen MR) is 75.9 cm³/mol. The molecule has 1 heterocycles. The number of rotatable bonds is 5. The molecule has 4 nitrogen and oxygen atoms in total. The second-order valence-corrected chi connectivity index (χ2v) is 4.77. The number of anilines is 1. The van der Waals surface area contributed by atoms with E-state index in [4.69, 9.17) is 0 Å². The Morgan fingerprint density at radius 2 is 2.11 bits per heavy atom. The van der Waals surface area contributed by atoms with E-state index in [1.165, 1.54) is 0 Å². The predicted octanol–water partition coefficient (Wildman–Crippen LogP) is 1.92. The lowest BCUT2D eigenvalue weighted by atomic mass is 10.2. The number of hydrogen-bond acceptors (Lipinski definition) is 4. The molecule has 2 aromatic rings. The number of para-hydroxylation sites is 1. The van der Waals surface area contributed by atoms with Crippen molar-refractivity contribution in [2.45, 2.75) is 6.92 Å². The van der Waals surface area contributed by atoms with Crippen LogP contribution in [0.4, 0.5) is 5.95 Å². The fourth-order valence-electron chi connectivity index (χ4n) is 2.11. The summed E-state index contributed by atoms with van der Waals surface area (Å²) in [6, 6.07) is 8.06. The van der Waals surface area contributed by atoms with Crippen LogP contribution in [0, 0.1) is 5.92 Å². The molecule has 0 radical (unpaired) electrons. The van der Waals surface area contributed by atoms with Gasteiger partial charge in [0.25, 0.3) is 0 Å². The lowest BCUT2D eigenvalue weighted by Crippen LogP contribution is -2.30. The zero-order chi connectivity index (χ0) is 13.0. The average molecular weight is 244 g/mol. The molecule has 96 valence electrons. The number of aromatic nitrogens is 2. The van der Waals surface area contributed by atoms with Crippen molar-refractivity contribution in [1.82, 2.24) is 15.3 Å². The number of hydrogen-bond donors (Lipinski definition) is 1. The Bertz CT molecular complexity index is 512. The van der Waals surface area contributed by atoms with E-state index >= 15 is 0 Å². The van der Waals surface area contributed by atoms with Gasteiger partial charge >= 0.3 is 0 Å². The van der Waals surface area contributed by atoms with Gasteiger partial charge in [-0.05, 0) is 25.6 Å². The molecule has 18 heavy (non-hydrogen) atoms. The molecule has 1 aromatic carbocycles. The van der Waals surface area contributed by atoms with Crippen molar-refractivity contribution in [2.24, 2.45) is 5.92 Å². The molecule has 0 bridgehead atoms. The maximum atomic E-state index is 4.58. The van der Waals surface area contributed by atoms with E-state index in [1.54, 1.807) is 0 Å². The quantitative estimate of drug-likeness (QED) is 0.872. The molecule has 0 spiro atoms. The molecule has 1 aromatic heterocycles. The number of fused-ring (bicyclic) bond motifs is 1. The third-order valence-electron chi connectivity index (χ3n) is 2.96. The van der Waals surface area contributed by atoms with E-state index in [2.05, 4.69) is 27.1 Å². The molecule has 1 atom stereocenters. The van der Waals surface area contributed by atoms with Gasteiger partial charge in [-0.2, -0.15) is 0 Å². The Morgan fingerprint density at radius 1 is 1.33 bits per heavy atom. The smallest absolute Gasteiger partial charge is 0.225 e. The first-order chi connectivity index (χ1) is 8.70. The highest BCUT2D eigenvalue weighted by atomic mass is 15.2.